The first-order valence-electron chi connectivity index (χ1n) is 12.5. The van der Waals surface area contributed by atoms with Crippen molar-refractivity contribution in [1.82, 2.24) is 9.80 Å². The summed E-state index contributed by atoms with van der Waals surface area (Å²) in [6, 6.07) is 11.1. The molecular formula is C28H32F4N2OS. The predicted molar refractivity (Wildman–Crippen MR) is 136 cm³/mol. The first-order chi connectivity index (χ1) is 17.0. The van der Waals surface area contributed by atoms with Crippen LogP contribution in [0.1, 0.15) is 66.7 Å². The molecule has 0 radical (unpaired) electrons. The molecule has 0 N–H and O–H groups in total. The zero-order valence-corrected chi connectivity index (χ0v) is 21.5. The molecule has 36 heavy (non-hydrogen) atoms. The first kappa shape index (κ1) is 26.6. The third-order valence-corrected chi connectivity index (χ3v) is 8.28. The van der Waals surface area contributed by atoms with Crippen molar-refractivity contribution in [3.63, 3.8) is 0 Å². The van der Waals surface area contributed by atoms with Gasteiger partial charge in [0.1, 0.15) is 5.82 Å². The normalized spacial score (nSPS) is 23.0. The predicted octanol–water partition coefficient (Wildman–Crippen LogP) is 6.88. The van der Waals surface area contributed by atoms with Gasteiger partial charge < -0.3 is 9.80 Å². The van der Waals surface area contributed by atoms with Crippen LogP contribution in [0.2, 0.25) is 0 Å². The Morgan fingerprint density at radius 1 is 1.11 bits per heavy atom. The number of fused-ring (bicyclic) bond motifs is 1. The zero-order chi connectivity index (χ0) is 26.0. The fraction of sp³-hybridized carbons (Fsp3) is 0.500. The highest BCUT2D eigenvalue weighted by Crippen LogP contribution is 2.39. The number of carbonyl (C=O) groups is 1. The van der Waals surface area contributed by atoms with Gasteiger partial charge in [0.05, 0.1) is 10.6 Å². The average Bonchev–Trinajstić information content (AvgIpc) is 3.20. The van der Waals surface area contributed by atoms with E-state index in [1.165, 1.54) is 11.1 Å². The van der Waals surface area contributed by atoms with Crippen LogP contribution in [0.3, 0.4) is 0 Å². The summed E-state index contributed by atoms with van der Waals surface area (Å²) in [5.74, 6) is -0.428. The molecule has 2 fully saturated rings. The topological polar surface area (TPSA) is 23.6 Å². The summed E-state index contributed by atoms with van der Waals surface area (Å²) in [4.78, 5) is 17.2. The van der Waals surface area contributed by atoms with Crippen LogP contribution in [0.4, 0.5) is 17.6 Å². The van der Waals surface area contributed by atoms with Crippen LogP contribution >= 0.6 is 12.2 Å². The smallest absolute Gasteiger partial charge is 0.365 e. The fourth-order valence-electron chi connectivity index (χ4n) is 5.87. The van der Waals surface area contributed by atoms with E-state index in [2.05, 4.69) is 24.0 Å². The molecule has 2 saturated heterocycles. The monoisotopic (exact) mass is 520 g/mol. The van der Waals surface area contributed by atoms with E-state index >= 15 is 0 Å². The van der Waals surface area contributed by atoms with Crippen LogP contribution in [0.5, 0.6) is 0 Å². The van der Waals surface area contributed by atoms with Gasteiger partial charge in [-0.05, 0) is 73.9 Å². The summed E-state index contributed by atoms with van der Waals surface area (Å²) < 4.78 is 53.4. The first-order valence-corrected chi connectivity index (χ1v) is 12.9. The largest absolute Gasteiger partial charge is 0.416 e. The molecule has 0 aromatic heterocycles. The molecule has 0 spiro atoms. The van der Waals surface area contributed by atoms with Crippen molar-refractivity contribution in [3.05, 3.63) is 70.5 Å². The van der Waals surface area contributed by atoms with Crippen LogP contribution < -0.4 is 0 Å². The van der Waals surface area contributed by atoms with Crippen molar-refractivity contribution in [2.24, 2.45) is 5.92 Å². The van der Waals surface area contributed by atoms with E-state index in [9.17, 15) is 22.4 Å². The molecule has 2 aliphatic heterocycles. The molecule has 194 valence electrons. The van der Waals surface area contributed by atoms with E-state index in [1.54, 1.807) is 11.9 Å². The summed E-state index contributed by atoms with van der Waals surface area (Å²) in [7, 11) is 1.76. The minimum Gasteiger partial charge on any atom is -0.365 e. The van der Waals surface area contributed by atoms with E-state index in [0.717, 1.165) is 44.2 Å². The van der Waals surface area contributed by atoms with Gasteiger partial charge in [-0.25, -0.2) is 4.39 Å². The molecule has 4 rings (SSSR count). The average molecular weight is 521 g/mol. The van der Waals surface area contributed by atoms with Gasteiger partial charge in [0, 0.05) is 44.4 Å². The maximum atomic E-state index is 13.9. The van der Waals surface area contributed by atoms with Crippen molar-refractivity contribution >= 4 is 23.1 Å². The Bertz CT molecular complexity index is 1120. The highest BCUT2D eigenvalue weighted by Gasteiger charge is 2.39. The molecule has 3 nitrogen and oxygen atoms in total. The number of thiocarbonyl (C=S) groups is 1. The molecule has 2 heterocycles. The summed E-state index contributed by atoms with van der Waals surface area (Å²) in [5.41, 5.74) is 1.72. The van der Waals surface area contributed by atoms with E-state index in [0.29, 0.717) is 24.0 Å². The maximum absolute atomic E-state index is 13.9. The number of alkyl halides is 3. The lowest BCUT2D eigenvalue weighted by Gasteiger charge is -2.32. The standard InChI is InChI=1S/C28H32F4N2OS/c1-18-6-3-4-8-23(18)24-10-9-20(7-5-13-34-25(24)11-12-26(34)35)27(36)33(2)17-19-14-21(28(30,31)32)16-22(29)15-19/h3-4,6,8,14-16,20,24-25H,5,7,9-13,17H2,1-2H3. The summed E-state index contributed by atoms with van der Waals surface area (Å²) >= 11 is 5.82. The quantitative estimate of drug-likeness (QED) is 0.324. The number of nitrogens with zero attached hydrogens (tertiary/aromatic N) is 2. The Hall–Kier alpha value is -2.48. The van der Waals surface area contributed by atoms with Crippen molar-refractivity contribution in [2.45, 2.75) is 70.1 Å². The number of halogens is 4. The molecule has 2 aliphatic rings. The minimum atomic E-state index is -4.61. The van der Waals surface area contributed by atoms with E-state index in [4.69, 9.17) is 12.2 Å². The Morgan fingerprint density at radius 3 is 2.58 bits per heavy atom. The number of amides is 1. The van der Waals surface area contributed by atoms with Crippen molar-refractivity contribution in [1.29, 1.82) is 0 Å². The third-order valence-electron chi connectivity index (χ3n) is 7.63. The second kappa shape index (κ2) is 10.9. The number of carbonyl (C=O) groups excluding carboxylic acids is 1. The van der Waals surface area contributed by atoms with Crippen LogP contribution in [0.15, 0.2) is 42.5 Å². The second-order valence-corrected chi connectivity index (χ2v) is 10.5. The molecular weight excluding hydrogens is 488 g/mol. The highest BCUT2D eigenvalue weighted by atomic mass is 32.1. The molecule has 1 amide bonds. The molecule has 2 aromatic carbocycles. The Labute approximate surface area is 215 Å². The van der Waals surface area contributed by atoms with E-state index in [1.807, 2.05) is 12.1 Å². The number of aryl methyl sites for hydroxylation is 1. The maximum Gasteiger partial charge on any atom is 0.416 e. The lowest BCUT2D eigenvalue weighted by atomic mass is 9.82. The lowest BCUT2D eigenvalue weighted by Crippen LogP contribution is -2.37. The van der Waals surface area contributed by atoms with Gasteiger partial charge in [-0.15, -0.1) is 0 Å². The number of hydrogen-bond acceptors (Lipinski definition) is 2. The van der Waals surface area contributed by atoms with Gasteiger partial charge >= 0.3 is 6.18 Å². The lowest BCUT2D eigenvalue weighted by molar-refractivity contribution is -0.137. The van der Waals surface area contributed by atoms with Gasteiger partial charge in [-0.3, -0.25) is 4.79 Å². The molecule has 2 aromatic rings. The third kappa shape index (κ3) is 5.90. The number of rotatable bonds is 4. The van der Waals surface area contributed by atoms with Gasteiger partial charge in [-0.1, -0.05) is 36.5 Å². The van der Waals surface area contributed by atoms with Gasteiger partial charge in [-0.2, -0.15) is 13.2 Å². The molecule has 0 aliphatic carbocycles. The fourth-order valence-corrected chi connectivity index (χ4v) is 6.17. The second-order valence-electron chi connectivity index (χ2n) is 10.1. The SMILES string of the molecule is Cc1ccccc1C1CCC(C(=S)N(C)Cc2cc(F)cc(C(F)(F)F)c2)CCCN2C(=O)CCC12. The Kier molecular flexibility index (Phi) is 8.03. The molecule has 8 heteroatoms. The van der Waals surface area contributed by atoms with Crippen molar-refractivity contribution < 1.29 is 22.4 Å². The molecule has 0 saturated carbocycles. The molecule has 3 atom stereocenters. The highest BCUT2D eigenvalue weighted by molar-refractivity contribution is 7.80. The van der Waals surface area contributed by atoms with E-state index in [-0.39, 0.29) is 35.9 Å². The van der Waals surface area contributed by atoms with Crippen molar-refractivity contribution in [3.8, 4) is 0 Å². The van der Waals surface area contributed by atoms with Crippen LogP contribution in [0.25, 0.3) is 0 Å². The van der Waals surface area contributed by atoms with Crippen molar-refractivity contribution in [2.75, 3.05) is 13.6 Å². The number of hydrogen-bond donors (Lipinski definition) is 0. The van der Waals surface area contributed by atoms with Gasteiger partial charge in [0.25, 0.3) is 0 Å². The summed E-state index contributed by atoms with van der Waals surface area (Å²) in [6.45, 7) is 2.89. The van der Waals surface area contributed by atoms with Crippen LogP contribution in [-0.2, 0) is 17.5 Å². The zero-order valence-electron chi connectivity index (χ0n) is 20.7. The summed E-state index contributed by atoms with van der Waals surface area (Å²) in [5, 5.41) is 0. The van der Waals surface area contributed by atoms with Gasteiger partial charge in [0.2, 0.25) is 5.91 Å². The summed E-state index contributed by atoms with van der Waals surface area (Å²) in [6.07, 6.45) is 0.159. The Balaban J connectivity index is 1.53. The van der Waals surface area contributed by atoms with Crippen LogP contribution in [-0.4, -0.2) is 40.3 Å². The molecule has 0 bridgehead atoms. The minimum absolute atomic E-state index is 0.0577. The molecule has 3 unspecified atom stereocenters. The number of benzene rings is 2. The van der Waals surface area contributed by atoms with Crippen LogP contribution in [0, 0.1) is 18.7 Å². The van der Waals surface area contributed by atoms with Gasteiger partial charge in [0.15, 0.2) is 0 Å². The Morgan fingerprint density at radius 2 is 1.86 bits per heavy atom. The van der Waals surface area contributed by atoms with E-state index < -0.39 is 17.6 Å².